The predicted octanol–water partition coefficient (Wildman–Crippen LogP) is 0.992. The van der Waals surface area contributed by atoms with Crippen LogP contribution in [0.1, 0.15) is 17.3 Å². The fourth-order valence-electron chi connectivity index (χ4n) is 1.45. The van der Waals surface area contributed by atoms with Gasteiger partial charge in [-0.25, -0.2) is 17.9 Å². The number of hydrogen-bond donors (Lipinski definition) is 1. The van der Waals surface area contributed by atoms with E-state index in [1.807, 2.05) is 0 Å². The van der Waals surface area contributed by atoms with Gasteiger partial charge in [-0.2, -0.15) is 0 Å². The van der Waals surface area contributed by atoms with Crippen LogP contribution in [0.15, 0.2) is 27.6 Å². The number of esters is 1. The van der Waals surface area contributed by atoms with Gasteiger partial charge in [0.1, 0.15) is 0 Å². The largest absolute Gasteiger partial charge is 0.462 e. The van der Waals surface area contributed by atoms with Crippen molar-refractivity contribution in [2.24, 2.45) is 0 Å². The maximum absolute atomic E-state index is 12.2. The average Bonchev–Trinajstić information content (AvgIpc) is 2.44. The monoisotopic (exact) mass is 392 g/mol. The molecule has 0 saturated heterocycles. The highest BCUT2D eigenvalue weighted by Crippen LogP contribution is 2.23. The van der Waals surface area contributed by atoms with Gasteiger partial charge in [0.05, 0.1) is 23.6 Å². The maximum atomic E-state index is 12.2. The number of rotatable bonds is 6. The smallest absolute Gasteiger partial charge is 0.338 e. The Bertz CT molecular complexity index is 673. The van der Waals surface area contributed by atoms with Gasteiger partial charge < -0.3 is 9.64 Å². The number of nitrogens with one attached hydrogen (secondary N) is 1. The van der Waals surface area contributed by atoms with E-state index in [0.717, 1.165) is 0 Å². The van der Waals surface area contributed by atoms with Crippen LogP contribution in [-0.2, 0) is 19.6 Å². The number of hydrogen-bond acceptors (Lipinski definition) is 5. The maximum Gasteiger partial charge on any atom is 0.338 e. The van der Waals surface area contributed by atoms with Crippen molar-refractivity contribution in [1.82, 2.24) is 9.62 Å². The second-order valence-corrected chi connectivity index (χ2v) is 7.07. The molecule has 0 unspecified atom stereocenters. The van der Waals surface area contributed by atoms with Crippen LogP contribution in [-0.4, -0.2) is 52.4 Å². The lowest BCUT2D eigenvalue weighted by Gasteiger charge is -2.12. The normalized spacial score (nSPS) is 11.1. The summed E-state index contributed by atoms with van der Waals surface area (Å²) in [5.41, 5.74) is 0.233. The van der Waals surface area contributed by atoms with E-state index in [4.69, 9.17) is 4.74 Å². The number of ether oxygens (including phenoxy) is 1. The van der Waals surface area contributed by atoms with Crippen LogP contribution in [0.4, 0.5) is 0 Å². The van der Waals surface area contributed by atoms with E-state index in [0.29, 0.717) is 0 Å². The van der Waals surface area contributed by atoms with E-state index >= 15 is 0 Å². The van der Waals surface area contributed by atoms with E-state index in [2.05, 4.69) is 20.7 Å². The molecule has 0 aromatic heterocycles. The molecule has 0 atom stereocenters. The highest BCUT2D eigenvalue weighted by atomic mass is 79.9. The molecule has 0 spiro atoms. The van der Waals surface area contributed by atoms with Crippen LogP contribution < -0.4 is 4.72 Å². The molecule has 0 bridgehead atoms. The molecule has 0 saturated carbocycles. The number of halogens is 1. The highest BCUT2D eigenvalue weighted by molar-refractivity contribution is 9.10. The first-order valence-corrected chi connectivity index (χ1v) is 8.63. The topological polar surface area (TPSA) is 92.8 Å². The lowest BCUT2D eigenvalue weighted by molar-refractivity contribution is -0.127. The first-order chi connectivity index (χ1) is 10.2. The molecule has 1 aromatic rings. The van der Waals surface area contributed by atoms with Gasteiger partial charge in [-0.15, -0.1) is 0 Å². The number of likely N-dealkylation sites (N-methyl/N-ethyl adjacent to an activating group) is 1. The Kier molecular flexibility index (Phi) is 6.51. The summed E-state index contributed by atoms with van der Waals surface area (Å²) >= 11 is 3.12. The summed E-state index contributed by atoms with van der Waals surface area (Å²) in [5, 5.41) is 0. The molecule has 0 heterocycles. The van der Waals surface area contributed by atoms with E-state index in [1.165, 1.54) is 37.2 Å². The minimum absolute atomic E-state index is 0.0629. The van der Waals surface area contributed by atoms with Crippen molar-refractivity contribution in [3.05, 3.63) is 28.2 Å². The van der Waals surface area contributed by atoms with Crippen molar-refractivity contribution in [1.29, 1.82) is 0 Å². The summed E-state index contributed by atoms with van der Waals surface area (Å²) in [6, 6.07) is 3.99. The van der Waals surface area contributed by atoms with Gasteiger partial charge in [0.25, 0.3) is 0 Å². The molecule has 1 amide bonds. The molecule has 0 aliphatic heterocycles. The molecular weight excluding hydrogens is 376 g/mol. The average molecular weight is 393 g/mol. The molecule has 0 aliphatic rings. The molecular formula is C13H17BrN2O5S. The molecule has 22 heavy (non-hydrogen) atoms. The quantitative estimate of drug-likeness (QED) is 0.728. The second-order valence-electron chi connectivity index (χ2n) is 4.48. The third-order valence-electron chi connectivity index (χ3n) is 2.64. The molecule has 7 nitrogen and oxygen atoms in total. The summed E-state index contributed by atoms with van der Waals surface area (Å²) in [5.74, 6) is -0.911. The van der Waals surface area contributed by atoms with Gasteiger partial charge in [-0.1, -0.05) is 0 Å². The lowest BCUT2D eigenvalue weighted by Crippen LogP contribution is -2.36. The first kappa shape index (κ1) is 18.6. The van der Waals surface area contributed by atoms with Crippen molar-refractivity contribution in [2.75, 3.05) is 27.2 Å². The zero-order valence-electron chi connectivity index (χ0n) is 12.4. The van der Waals surface area contributed by atoms with E-state index in [1.54, 1.807) is 6.92 Å². The SMILES string of the molecule is CCOC(=O)c1ccc(S(=O)(=O)NCC(=O)N(C)C)c(Br)c1. The minimum atomic E-state index is -3.87. The van der Waals surface area contributed by atoms with Crippen LogP contribution in [0.3, 0.4) is 0 Å². The predicted molar refractivity (Wildman–Crippen MR) is 84.0 cm³/mol. The van der Waals surface area contributed by atoms with Crippen molar-refractivity contribution in [2.45, 2.75) is 11.8 Å². The van der Waals surface area contributed by atoms with Gasteiger partial charge in [0.2, 0.25) is 15.9 Å². The highest BCUT2D eigenvalue weighted by Gasteiger charge is 2.20. The summed E-state index contributed by atoms with van der Waals surface area (Å²) in [4.78, 5) is 24.3. The fraction of sp³-hybridized carbons (Fsp3) is 0.385. The van der Waals surface area contributed by atoms with Crippen LogP contribution in [0.25, 0.3) is 0 Å². The zero-order chi connectivity index (χ0) is 16.9. The Labute approximate surface area is 137 Å². The number of benzene rings is 1. The second kappa shape index (κ2) is 7.70. The molecule has 0 radical (unpaired) electrons. The summed E-state index contributed by atoms with van der Waals surface area (Å²) in [6.45, 7) is 1.56. The van der Waals surface area contributed by atoms with Crippen molar-refractivity contribution < 1.29 is 22.7 Å². The molecule has 0 fully saturated rings. The van der Waals surface area contributed by atoms with Gasteiger partial charge in [0, 0.05) is 18.6 Å². The third-order valence-corrected chi connectivity index (χ3v) is 5.02. The van der Waals surface area contributed by atoms with Crippen LogP contribution in [0.5, 0.6) is 0 Å². The Morgan fingerprint density at radius 2 is 1.95 bits per heavy atom. The van der Waals surface area contributed by atoms with E-state index in [-0.39, 0.29) is 34.0 Å². The van der Waals surface area contributed by atoms with Crippen LogP contribution in [0.2, 0.25) is 0 Å². The van der Waals surface area contributed by atoms with Gasteiger partial charge in [-0.05, 0) is 41.1 Å². The zero-order valence-corrected chi connectivity index (χ0v) is 14.8. The van der Waals surface area contributed by atoms with Crippen molar-refractivity contribution in [3.8, 4) is 0 Å². The number of carbonyl (C=O) groups excluding carboxylic acids is 2. The van der Waals surface area contributed by atoms with Crippen molar-refractivity contribution >= 4 is 37.8 Å². The van der Waals surface area contributed by atoms with Gasteiger partial charge in [-0.3, -0.25) is 4.79 Å². The fourth-order valence-corrected chi connectivity index (χ4v) is 3.50. The number of carbonyl (C=O) groups is 2. The molecule has 1 rings (SSSR count). The third kappa shape index (κ3) is 4.79. The van der Waals surface area contributed by atoms with E-state index in [9.17, 15) is 18.0 Å². The Balaban J connectivity index is 2.96. The van der Waals surface area contributed by atoms with E-state index < -0.39 is 16.0 Å². The molecule has 1 N–H and O–H groups in total. The summed E-state index contributed by atoms with van der Waals surface area (Å²) < 4.78 is 31.6. The molecule has 0 aliphatic carbocycles. The Morgan fingerprint density at radius 3 is 2.45 bits per heavy atom. The summed E-state index contributed by atoms with van der Waals surface area (Å²) in [6.07, 6.45) is 0. The first-order valence-electron chi connectivity index (χ1n) is 6.35. The Hall–Kier alpha value is -1.45. The number of sulfonamides is 1. The van der Waals surface area contributed by atoms with Gasteiger partial charge in [0.15, 0.2) is 0 Å². The molecule has 1 aromatic carbocycles. The van der Waals surface area contributed by atoms with Crippen LogP contribution >= 0.6 is 15.9 Å². The van der Waals surface area contributed by atoms with Gasteiger partial charge >= 0.3 is 5.97 Å². The minimum Gasteiger partial charge on any atom is -0.462 e. The summed E-state index contributed by atoms with van der Waals surface area (Å²) in [7, 11) is -0.814. The lowest BCUT2D eigenvalue weighted by atomic mass is 10.2. The van der Waals surface area contributed by atoms with Crippen molar-refractivity contribution in [3.63, 3.8) is 0 Å². The molecule has 122 valence electrons. The molecule has 9 heteroatoms. The standard InChI is InChI=1S/C13H17BrN2O5S/c1-4-21-13(18)9-5-6-11(10(14)7-9)22(19,20)15-8-12(17)16(2)3/h5-7,15H,4,8H2,1-3H3. The Morgan fingerprint density at radius 1 is 1.32 bits per heavy atom. The number of nitrogens with zero attached hydrogens (tertiary/aromatic N) is 1. The number of amides is 1. The van der Waals surface area contributed by atoms with Crippen LogP contribution in [0, 0.1) is 0 Å².